The van der Waals surface area contributed by atoms with Gasteiger partial charge in [-0.1, -0.05) is 19.1 Å². The standard InChI is InChI=1S/C13H17FN2/c1-3-7-15-8-11-9(2)16-13-10(11)5-4-6-12(13)14/h4-6,15-16H,3,7-8H2,1-2H3. The average molecular weight is 220 g/mol. The lowest BCUT2D eigenvalue weighted by molar-refractivity contribution is 0.637. The first-order valence-corrected chi connectivity index (χ1v) is 5.70. The largest absolute Gasteiger partial charge is 0.356 e. The molecule has 1 aromatic carbocycles. The molecule has 3 heteroatoms. The summed E-state index contributed by atoms with van der Waals surface area (Å²) in [5, 5.41) is 4.33. The van der Waals surface area contributed by atoms with E-state index < -0.39 is 0 Å². The van der Waals surface area contributed by atoms with Crippen LogP contribution in [0.15, 0.2) is 18.2 Å². The Labute approximate surface area is 94.9 Å². The fourth-order valence-electron chi connectivity index (χ4n) is 1.99. The summed E-state index contributed by atoms with van der Waals surface area (Å²) in [6, 6.07) is 5.21. The van der Waals surface area contributed by atoms with Crippen LogP contribution in [0.3, 0.4) is 0 Å². The zero-order chi connectivity index (χ0) is 11.5. The molecule has 0 unspecified atom stereocenters. The van der Waals surface area contributed by atoms with Gasteiger partial charge in [0, 0.05) is 17.6 Å². The smallest absolute Gasteiger partial charge is 0.147 e. The maximum absolute atomic E-state index is 13.5. The molecule has 0 amide bonds. The van der Waals surface area contributed by atoms with Gasteiger partial charge in [-0.25, -0.2) is 4.39 Å². The van der Waals surface area contributed by atoms with Crippen molar-refractivity contribution in [1.82, 2.24) is 10.3 Å². The molecule has 0 aliphatic heterocycles. The van der Waals surface area contributed by atoms with Gasteiger partial charge in [0.1, 0.15) is 5.82 Å². The normalized spacial score (nSPS) is 11.2. The summed E-state index contributed by atoms with van der Waals surface area (Å²) in [4.78, 5) is 3.11. The lowest BCUT2D eigenvalue weighted by Gasteiger charge is -2.03. The number of aromatic amines is 1. The number of H-pyrrole nitrogens is 1. The lowest BCUT2D eigenvalue weighted by atomic mass is 10.1. The van der Waals surface area contributed by atoms with E-state index in [0.29, 0.717) is 5.52 Å². The van der Waals surface area contributed by atoms with Crippen molar-refractivity contribution in [3.05, 3.63) is 35.3 Å². The number of hydrogen-bond donors (Lipinski definition) is 2. The summed E-state index contributed by atoms with van der Waals surface area (Å²) in [5.74, 6) is -0.178. The number of nitrogens with one attached hydrogen (secondary N) is 2. The van der Waals surface area contributed by atoms with Gasteiger partial charge in [0.05, 0.1) is 5.52 Å². The number of fused-ring (bicyclic) bond motifs is 1. The Bertz CT molecular complexity index is 488. The summed E-state index contributed by atoms with van der Waals surface area (Å²) in [6.45, 7) is 5.90. The van der Waals surface area contributed by atoms with Crippen molar-refractivity contribution in [2.24, 2.45) is 0 Å². The topological polar surface area (TPSA) is 27.8 Å². The van der Waals surface area contributed by atoms with Crippen LogP contribution in [0, 0.1) is 12.7 Å². The molecule has 0 spiro atoms. The van der Waals surface area contributed by atoms with Crippen LogP contribution in [0.2, 0.25) is 0 Å². The monoisotopic (exact) mass is 220 g/mol. The third-order valence-corrected chi connectivity index (χ3v) is 2.83. The number of hydrogen-bond acceptors (Lipinski definition) is 1. The number of para-hydroxylation sites is 1. The molecule has 1 aromatic heterocycles. The molecule has 0 bridgehead atoms. The van der Waals surface area contributed by atoms with Crippen molar-refractivity contribution in [3.8, 4) is 0 Å². The van der Waals surface area contributed by atoms with Crippen LogP contribution in [-0.2, 0) is 6.54 Å². The number of rotatable bonds is 4. The summed E-state index contributed by atoms with van der Waals surface area (Å²) >= 11 is 0. The molecule has 1 heterocycles. The van der Waals surface area contributed by atoms with Gasteiger partial charge in [-0.05, 0) is 31.5 Å². The second-order valence-corrected chi connectivity index (χ2v) is 4.07. The highest BCUT2D eigenvalue weighted by atomic mass is 19.1. The summed E-state index contributed by atoms with van der Waals surface area (Å²) in [7, 11) is 0. The summed E-state index contributed by atoms with van der Waals surface area (Å²) < 4.78 is 13.5. The second kappa shape index (κ2) is 4.66. The molecule has 2 N–H and O–H groups in total. The van der Waals surface area contributed by atoms with E-state index in [1.165, 1.54) is 11.6 Å². The van der Waals surface area contributed by atoms with Crippen LogP contribution in [-0.4, -0.2) is 11.5 Å². The molecule has 2 rings (SSSR count). The van der Waals surface area contributed by atoms with E-state index in [-0.39, 0.29) is 5.82 Å². The SMILES string of the molecule is CCCNCc1c(C)[nH]c2c(F)cccc12. The zero-order valence-corrected chi connectivity index (χ0v) is 9.73. The molecule has 0 aliphatic rings. The molecule has 2 aromatic rings. The lowest BCUT2D eigenvalue weighted by Crippen LogP contribution is -2.14. The molecule has 0 saturated carbocycles. The molecule has 0 fully saturated rings. The molecule has 0 aliphatic carbocycles. The highest BCUT2D eigenvalue weighted by Gasteiger charge is 2.10. The minimum Gasteiger partial charge on any atom is -0.356 e. The number of aryl methyl sites for hydroxylation is 1. The molecule has 86 valence electrons. The number of aromatic nitrogens is 1. The van der Waals surface area contributed by atoms with Crippen molar-refractivity contribution in [3.63, 3.8) is 0 Å². The minimum absolute atomic E-state index is 0.178. The first-order chi connectivity index (χ1) is 7.74. The highest BCUT2D eigenvalue weighted by Crippen LogP contribution is 2.23. The highest BCUT2D eigenvalue weighted by molar-refractivity contribution is 5.85. The van der Waals surface area contributed by atoms with E-state index in [4.69, 9.17) is 0 Å². The zero-order valence-electron chi connectivity index (χ0n) is 9.73. The Morgan fingerprint density at radius 1 is 1.38 bits per heavy atom. The van der Waals surface area contributed by atoms with Crippen LogP contribution in [0.5, 0.6) is 0 Å². The van der Waals surface area contributed by atoms with Gasteiger partial charge in [0.15, 0.2) is 0 Å². The van der Waals surface area contributed by atoms with Crippen molar-refractivity contribution in [2.45, 2.75) is 26.8 Å². The van der Waals surface area contributed by atoms with Crippen molar-refractivity contribution in [2.75, 3.05) is 6.54 Å². The third kappa shape index (κ3) is 1.95. The maximum atomic E-state index is 13.5. The van der Waals surface area contributed by atoms with Crippen molar-refractivity contribution in [1.29, 1.82) is 0 Å². The molecular formula is C13H17FN2. The number of benzene rings is 1. The molecule has 2 nitrogen and oxygen atoms in total. The van der Waals surface area contributed by atoms with Gasteiger partial charge in [-0.15, -0.1) is 0 Å². The van der Waals surface area contributed by atoms with Crippen LogP contribution in [0.4, 0.5) is 4.39 Å². The van der Waals surface area contributed by atoms with E-state index in [9.17, 15) is 4.39 Å². The van der Waals surface area contributed by atoms with Gasteiger partial charge in [0.25, 0.3) is 0 Å². The molecule has 0 saturated heterocycles. The first-order valence-electron chi connectivity index (χ1n) is 5.70. The van der Waals surface area contributed by atoms with E-state index >= 15 is 0 Å². The van der Waals surface area contributed by atoms with Crippen LogP contribution >= 0.6 is 0 Å². The van der Waals surface area contributed by atoms with Crippen LogP contribution < -0.4 is 5.32 Å². The molecular weight excluding hydrogens is 203 g/mol. The number of halogens is 1. The van der Waals surface area contributed by atoms with E-state index in [1.54, 1.807) is 6.07 Å². The van der Waals surface area contributed by atoms with E-state index in [2.05, 4.69) is 17.2 Å². The van der Waals surface area contributed by atoms with E-state index in [0.717, 1.165) is 30.6 Å². The quantitative estimate of drug-likeness (QED) is 0.761. The summed E-state index contributed by atoms with van der Waals surface area (Å²) in [6.07, 6.45) is 1.11. The Morgan fingerprint density at radius 3 is 2.94 bits per heavy atom. The Morgan fingerprint density at radius 2 is 2.19 bits per heavy atom. The average Bonchev–Trinajstić information content (AvgIpc) is 2.58. The van der Waals surface area contributed by atoms with Gasteiger partial charge in [0.2, 0.25) is 0 Å². The Balaban J connectivity index is 2.36. The van der Waals surface area contributed by atoms with E-state index in [1.807, 2.05) is 13.0 Å². The van der Waals surface area contributed by atoms with Crippen molar-refractivity contribution >= 4 is 10.9 Å². The predicted octanol–water partition coefficient (Wildman–Crippen LogP) is 3.12. The summed E-state index contributed by atoms with van der Waals surface area (Å²) in [5.41, 5.74) is 2.83. The van der Waals surface area contributed by atoms with Crippen LogP contribution in [0.25, 0.3) is 10.9 Å². The maximum Gasteiger partial charge on any atom is 0.147 e. The fourth-order valence-corrected chi connectivity index (χ4v) is 1.99. The Hall–Kier alpha value is -1.35. The van der Waals surface area contributed by atoms with Gasteiger partial charge in [-0.3, -0.25) is 0 Å². The predicted molar refractivity (Wildman–Crippen MR) is 65.0 cm³/mol. The first kappa shape index (κ1) is 11.1. The van der Waals surface area contributed by atoms with Crippen molar-refractivity contribution < 1.29 is 4.39 Å². The molecule has 0 radical (unpaired) electrons. The van der Waals surface area contributed by atoms with Crippen LogP contribution in [0.1, 0.15) is 24.6 Å². The second-order valence-electron chi connectivity index (χ2n) is 4.07. The van der Waals surface area contributed by atoms with Gasteiger partial charge < -0.3 is 10.3 Å². The minimum atomic E-state index is -0.178. The van der Waals surface area contributed by atoms with Gasteiger partial charge in [-0.2, -0.15) is 0 Å². The fraction of sp³-hybridized carbons (Fsp3) is 0.385. The molecule has 16 heavy (non-hydrogen) atoms. The van der Waals surface area contributed by atoms with Gasteiger partial charge >= 0.3 is 0 Å². The Kier molecular flexibility index (Phi) is 3.25. The third-order valence-electron chi connectivity index (χ3n) is 2.83. The molecule has 0 atom stereocenters.